The van der Waals surface area contributed by atoms with Crippen molar-refractivity contribution in [2.24, 2.45) is 5.10 Å². The Balaban J connectivity index is 1.49. The van der Waals surface area contributed by atoms with Crippen LogP contribution < -0.4 is 14.9 Å². The third-order valence-electron chi connectivity index (χ3n) is 5.08. The summed E-state index contributed by atoms with van der Waals surface area (Å²) in [5.74, 6) is -0.767. The summed E-state index contributed by atoms with van der Waals surface area (Å²) >= 11 is 12.0. The monoisotopic (exact) mass is 537 g/mol. The Hall–Kier alpha value is -4.47. The fraction of sp³-hybridized carbons (Fsp3) is 0.0385. The number of hydrogen-bond acceptors (Lipinski definition) is 7. The Bertz CT molecular complexity index is 1520. The molecule has 0 aromatic heterocycles. The highest BCUT2D eigenvalue weighted by Crippen LogP contribution is 2.29. The van der Waals surface area contributed by atoms with Crippen LogP contribution in [0.15, 0.2) is 84.0 Å². The fourth-order valence-corrected chi connectivity index (χ4v) is 3.81. The van der Waals surface area contributed by atoms with Gasteiger partial charge in [-0.05, 0) is 47.2 Å². The van der Waals surface area contributed by atoms with Gasteiger partial charge in [0.25, 0.3) is 11.6 Å². The summed E-state index contributed by atoms with van der Waals surface area (Å²) in [6, 6.07) is 20.5. The molecule has 4 rings (SSSR count). The summed E-state index contributed by atoms with van der Waals surface area (Å²) < 4.78 is 10.9. The maximum Gasteiger partial charge on any atom is 0.345 e. The highest BCUT2D eigenvalue weighted by Gasteiger charge is 2.16. The minimum Gasteiger partial charge on any atom is -0.484 e. The average molecular weight is 538 g/mol. The van der Waals surface area contributed by atoms with Crippen LogP contribution in [0.4, 0.5) is 5.69 Å². The molecule has 0 spiro atoms. The summed E-state index contributed by atoms with van der Waals surface area (Å²) in [7, 11) is 0. The minimum absolute atomic E-state index is 0.0914. The second-order valence-electron chi connectivity index (χ2n) is 7.55. The van der Waals surface area contributed by atoms with Gasteiger partial charge < -0.3 is 9.47 Å². The molecule has 1 N–H and O–H groups in total. The van der Waals surface area contributed by atoms with Crippen molar-refractivity contribution in [1.82, 2.24) is 5.43 Å². The number of rotatable bonds is 8. The number of benzene rings is 4. The molecule has 0 bridgehead atoms. The van der Waals surface area contributed by atoms with Crippen molar-refractivity contribution in [3.8, 4) is 11.5 Å². The maximum atomic E-state index is 12.8. The van der Waals surface area contributed by atoms with E-state index in [0.29, 0.717) is 10.6 Å². The van der Waals surface area contributed by atoms with Crippen LogP contribution in [0.2, 0.25) is 10.0 Å². The molecule has 186 valence electrons. The number of nitro benzene ring substituents is 1. The number of nitrogens with zero attached hydrogens (tertiary/aromatic N) is 2. The molecular weight excluding hydrogens is 521 g/mol. The molecule has 4 aromatic rings. The number of carbonyl (C=O) groups is 2. The first-order valence-electron chi connectivity index (χ1n) is 10.7. The van der Waals surface area contributed by atoms with Crippen molar-refractivity contribution < 1.29 is 24.0 Å². The van der Waals surface area contributed by atoms with E-state index in [2.05, 4.69) is 10.5 Å². The van der Waals surface area contributed by atoms with Gasteiger partial charge in [-0.25, -0.2) is 10.2 Å². The number of amides is 1. The standard InChI is InChI=1S/C26H17Cl2N3O6/c27-17-6-11-21(23(28)13-17)26(33)37-24-12-5-16-3-1-2-4-20(16)22(24)14-29-30-25(32)15-36-19-9-7-18(8-10-19)31(34)35/h1-14H,15H2,(H,30,32)/b29-14-. The number of fused-ring (bicyclic) bond motifs is 1. The number of nitrogens with one attached hydrogen (secondary N) is 1. The molecule has 0 aliphatic carbocycles. The lowest BCUT2D eigenvalue weighted by molar-refractivity contribution is -0.384. The lowest BCUT2D eigenvalue weighted by Crippen LogP contribution is -2.24. The predicted octanol–water partition coefficient (Wildman–Crippen LogP) is 5.80. The second-order valence-corrected chi connectivity index (χ2v) is 8.39. The lowest BCUT2D eigenvalue weighted by atomic mass is 10.0. The van der Waals surface area contributed by atoms with E-state index in [1.54, 1.807) is 12.1 Å². The fourth-order valence-electron chi connectivity index (χ4n) is 3.32. The molecule has 11 heteroatoms. The second kappa shape index (κ2) is 11.5. The first-order chi connectivity index (χ1) is 17.8. The molecule has 0 radical (unpaired) electrons. The highest BCUT2D eigenvalue weighted by molar-refractivity contribution is 6.36. The maximum absolute atomic E-state index is 12.8. The molecule has 4 aromatic carbocycles. The van der Waals surface area contributed by atoms with E-state index in [-0.39, 0.29) is 34.4 Å². The normalized spacial score (nSPS) is 10.9. The zero-order chi connectivity index (χ0) is 26.4. The quantitative estimate of drug-likeness (QED) is 0.0995. The van der Waals surface area contributed by atoms with Crippen LogP contribution in [0, 0.1) is 10.1 Å². The number of non-ortho nitro benzene ring substituents is 1. The van der Waals surface area contributed by atoms with Gasteiger partial charge in [0, 0.05) is 22.7 Å². The van der Waals surface area contributed by atoms with E-state index < -0.39 is 16.8 Å². The van der Waals surface area contributed by atoms with Crippen molar-refractivity contribution in [2.45, 2.75) is 0 Å². The topological polar surface area (TPSA) is 120 Å². The SMILES string of the molecule is O=C(COc1ccc([N+](=O)[O-])cc1)N/N=C\c1c(OC(=O)c2ccc(Cl)cc2Cl)ccc2ccccc12. The van der Waals surface area contributed by atoms with Crippen LogP contribution in [-0.4, -0.2) is 29.6 Å². The Morgan fingerprint density at radius 3 is 2.49 bits per heavy atom. The molecule has 0 atom stereocenters. The van der Waals surface area contributed by atoms with Gasteiger partial charge in [0.2, 0.25) is 0 Å². The number of hydrogen-bond donors (Lipinski definition) is 1. The Kier molecular flexibility index (Phi) is 7.97. The molecule has 0 heterocycles. The molecular formula is C26H17Cl2N3O6. The Morgan fingerprint density at radius 2 is 1.76 bits per heavy atom. The Morgan fingerprint density at radius 1 is 1.00 bits per heavy atom. The summed E-state index contributed by atoms with van der Waals surface area (Å²) in [6.45, 7) is -0.373. The van der Waals surface area contributed by atoms with Gasteiger partial charge in [-0.15, -0.1) is 0 Å². The third-order valence-corrected chi connectivity index (χ3v) is 5.63. The van der Waals surface area contributed by atoms with Gasteiger partial charge in [-0.3, -0.25) is 14.9 Å². The van der Waals surface area contributed by atoms with Gasteiger partial charge in [0.1, 0.15) is 11.5 Å². The number of ether oxygens (including phenoxy) is 2. The van der Waals surface area contributed by atoms with E-state index in [9.17, 15) is 19.7 Å². The van der Waals surface area contributed by atoms with Crippen LogP contribution >= 0.6 is 23.2 Å². The van der Waals surface area contributed by atoms with E-state index in [4.69, 9.17) is 32.7 Å². The van der Waals surface area contributed by atoms with E-state index in [1.165, 1.54) is 48.7 Å². The van der Waals surface area contributed by atoms with Gasteiger partial charge in [-0.2, -0.15) is 5.10 Å². The highest BCUT2D eigenvalue weighted by atomic mass is 35.5. The Labute approximate surface area is 220 Å². The predicted molar refractivity (Wildman–Crippen MR) is 140 cm³/mol. The lowest BCUT2D eigenvalue weighted by Gasteiger charge is -2.11. The van der Waals surface area contributed by atoms with E-state index in [0.717, 1.165) is 10.8 Å². The smallest absolute Gasteiger partial charge is 0.345 e. The van der Waals surface area contributed by atoms with Crippen LogP contribution in [0.3, 0.4) is 0 Å². The van der Waals surface area contributed by atoms with Crippen LogP contribution in [0.1, 0.15) is 15.9 Å². The van der Waals surface area contributed by atoms with Gasteiger partial charge >= 0.3 is 5.97 Å². The zero-order valence-corrected chi connectivity index (χ0v) is 20.4. The number of halogens is 2. The molecule has 9 nitrogen and oxygen atoms in total. The first-order valence-corrected chi connectivity index (χ1v) is 11.5. The van der Waals surface area contributed by atoms with Crippen molar-refractivity contribution >= 4 is 57.8 Å². The largest absolute Gasteiger partial charge is 0.484 e. The summed E-state index contributed by atoms with van der Waals surface area (Å²) in [4.78, 5) is 35.2. The van der Waals surface area contributed by atoms with Crippen LogP contribution in [-0.2, 0) is 4.79 Å². The molecule has 0 unspecified atom stereocenters. The summed E-state index contributed by atoms with van der Waals surface area (Å²) in [6.07, 6.45) is 1.36. The molecule has 1 amide bonds. The van der Waals surface area contributed by atoms with Crippen LogP contribution in [0.25, 0.3) is 10.8 Å². The minimum atomic E-state index is -0.688. The number of carbonyl (C=O) groups excluding carboxylic acids is 2. The van der Waals surface area contributed by atoms with Gasteiger partial charge in [0.05, 0.1) is 21.7 Å². The zero-order valence-electron chi connectivity index (χ0n) is 18.9. The van der Waals surface area contributed by atoms with Gasteiger partial charge in [0.15, 0.2) is 6.61 Å². The van der Waals surface area contributed by atoms with Crippen molar-refractivity contribution in [3.63, 3.8) is 0 Å². The van der Waals surface area contributed by atoms with Crippen molar-refractivity contribution in [1.29, 1.82) is 0 Å². The molecule has 0 saturated heterocycles. The number of hydrazone groups is 1. The third kappa shape index (κ3) is 6.40. The van der Waals surface area contributed by atoms with E-state index >= 15 is 0 Å². The van der Waals surface area contributed by atoms with E-state index in [1.807, 2.05) is 24.3 Å². The van der Waals surface area contributed by atoms with Gasteiger partial charge in [-0.1, -0.05) is 53.5 Å². The number of nitro groups is 1. The van der Waals surface area contributed by atoms with Crippen molar-refractivity contribution in [2.75, 3.05) is 6.61 Å². The molecule has 0 saturated carbocycles. The van der Waals surface area contributed by atoms with Crippen LogP contribution in [0.5, 0.6) is 11.5 Å². The molecule has 0 aliphatic heterocycles. The number of esters is 1. The summed E-state index contributed by atoms with van der Waals surface area (Å²) in [5.41, 5.74) is 2.84. The molecule has 0 fully saturated rings. The van der Waals surface area contributed by atoms with Crippen molar-refractivity contribution in [3.05, 3.63) is 110 Å². The molecule has 0 aliphatic rings. The molecule has 37 heavy (non-hydrogen) atoms. The first kappa shape index (κ1) is 25.6. The average Bonchev–Trinajstić information content (AvgIpc) is 2.88. The summed E-state index contributed by atoms with van der Waals surface area (Å²) in [5, 5.41) is 16.8.